The first-order chi connectivity index (χ1) is 12.4. The van der Waals surface area contributed by atoms with Gasteiger partial charge in [-0.25, -0.2) is 4.68 Å². The van der Waals surface area contributed by atoms with Crippen molar-refractivity contribution >= 4 is 5.97 Å². The van der Waals surface area contributed by atoms with E-state index in [9.17, 15) is 4.79 Å². The number of carbonyl (C=O) groups is 1. The first-order valence-corrected chi connectivity index (χ1v) is 8.51. The van der Waals surface area contributed by atoms with Crippen LogP contribution in [0.3, 0.4) is 0 Å². The molecule has 0 amide bonds. The molecule has 0 saturated heterocycles. The zero-order chi connectivity index (χ0) is 18.3. The third-order valence-corrected chi connectivity index (χ3v) is 4.71. The minimum Gasteiger partial charge on any atom is -0.480 e. The molecule has 0 spiro atoms. The molecule has 4 rings (SSSR count). The highest BCUT2D eigenvalue weighted by Crippen LogP contribution is 2.36. The van der Waals surface area contributed by atoms with Crippen LogP contribution in [-0.4, -0.2) is 41.0 Å². The lowest BCUT2D eigenvalue weighted by Gasteiger charge is -2.28. The lowest BCUT2D eigenvalue weighted by Crippen LogP contribution is -2.22. The summed E-state index contributed by atoms with van der Waals surface area (Å²) < 4.78 is 8.57. The van der Waals surface area contributed by atoms with Crippen LogP contribution in [0.15, 0.2) is 23.1 Å². The lowest BCUT2D eigenvalue weighted by atomic mass is 9.76. The summed E-state index contributed by atoms with van der Waals surface area (Å²) in [6.45, 7) is 4.82. The van der Waals surface area contributed by atoms with Gasteiger partial charge in [0, 0.05) is 23.7 Å². The van der Waals surface area contributed by atoms with Gasteiger partial charge >= 0.3 is 5.97 Å². The molecule has 3 aromatic rings. The average molecular weight is 356 g/mol. The van der Waals surface area contributed by atoms with Crippen LogP contribution < -0.4 is 0 Å². The summed E-state index contributed by atoms with van der Waals surface area (Å²) in [5, 5.41) is 25.4. The highest BCUT2D eigenvalue weighted by Gasteiger charge is 2.30. The Hall–Kier alpha value is -2.97. The molecule has 0 fully saturated rings. The van der Waals surface area contributed by atoms with Gasteiger partial charge in [-0.3, -0.25) is 9.48 Å². The number of aromatic nitrogens is 6. The van der Waals surface area contributed by atoms with Crippen LogP contribution >= 0.6 is 0 Å². The number of carboxylic acid groups (broad SMARTS) is 1. The summed E-state index contributed by atoms with van der Waals surface area (Å²) in [5.41, 5.74) is 3.69. The van der Waals surface area contributed by atoms with E-state index in [0.717, 1.165) is 36.3 Å². The molecule has 0 radical (unpaired) electrons. The molecule has 1 N–H and O–H groups in total. The van der Waals surface area contributed by atoms with E-state index in [1.807, 2.05) is 0 Å². The van der Waals surface area contributed by atoms with Gasteiger partial charge in [0.2, 0.25) is 0 Å². The fourth-order valence-electron chi connectivity index (χ4n) is 3.30. The molecule has 1 aliphatic rings. The number of fused-ring (bicyclic) bond motifs is 1. The molecule has 0 saturated carbocycles. The van der Waals surface area contributed by atoms with Crippen molar-refractivity contribution in [3.63, 3.8) is 0 Å². The van der Waals surface area contributed by atoms with Gasteiger partial charge in [0.1, 0.15) is 23.7 Å². The fraction of sp³-hybridized carbons (Fsp3) is 0.471. The second kappa shape index (κ2) is 6.08. The smallest absolute Gasteiger partial charge is 0.325 e. The molecular formula is C17H20N6O3. The average Bonchev–Trinajstić information content (AvgIpc) is 3.27. The van der Waals surface area contributed by atoms with Crippen LogP contribution in [-0.2, 0) is 30.7 Å². The predicted octanol–water partition coefficient (Wildman–Crippen LogP) is 1.78. The molecule has 9 heteroatoms. The Morgan fingerprint density at radius 2 is 2.19 bits per heavy atom. The van der Waals surface area contributed by atoms with Crippen LogP contribution in [0.25, 0.3) is 11.3 Å². The van der Waals surface area contributed by atoms with Crippen molar-refractivity contribution in [2.75, 3.05) is 0 Å². The highest BCUT2D eigenvalue weighted by molar-refractivity contribution is 5.66. The van der Waals surface area contributed by atoms with Crippen LogP contribution in [0.5, 0.6) is 0 Å². The van der Waals surface area contributed by atoms with E-state index >= 15 is 0 Å². The van der Waals surface area contributed by atoms with Crippen molar-refractivity contribution in [2.45, 2.75) is 46.2 Å². The summed E-state index contributed by atoms with van der Waals surface area (Å²) >= 11 is 0. The molecule has 0 aromatic carbocycles. The Kier molecular flexibility index (Phi) is 3.86. The number of aryl methyl sites for hydroxylation is 1. The number of aliphatic carboxylic acids is 1. The Labute approximate surface area is 149 Å². The normalized spacial score (nSPS) is 15.8. The molecule has 3 aromatic heterocycles. The summed E-state index contributed by atoms with van der Waals surface area (Å²) in [6, 6.07) is 0. The third kappa shape index (κ3) is 3.24. The summed E-state index contributed by atoms with van der Waals surface area (Å²) in [4.78, 5) is 10.8. The Bertz CT molecular complexity index is 952. The molecule has 0 bridgehead atoms. The molecule has 26 heavy (non-hydrogen) atoms. The van der Waals surface area contributed by atoms with Crippen LogP contribution in [0.4, 0.5) is 0 Å². The number of rotatable bonds is 5. The Balaban J connectivity index is 1.52. The molecule has 0 atom stereocenters. The largest absolute Gasteiger partial charge is 0.480 e. The number of hydrogen-bond donors (Lipinski definition) is 1. The second-order valence-corrected chi connectivity index (χ2v) is 7.49. The van der Waals surface area contributed by atoms with E-state index in [2.05, 4.69) is 34.4 Å². The number of hydrogen-bond acceptors (Lipinski definition) is 6. The van der Waals surface area contributed by atoms with Gasteiger partial charge in [-0.2, -0.15) is 5.10 Å². The maximum atomic E-state index is 10.8. The van der Waals surface area contributed by atoms with E-state index in [0.29, 0.717) is 12.2 Å². The van der Waals surface area contributed by atoms with Crippen molar-refractivity contribution in [2.24, 2.45) is 5.41 Å². The maximum absolute atomic E-state index is 10.8. The molecule has 136 valence electrons. The van der Waals surface area contributed by atoms with Crippen molar-refractivity contribution in [1.29, 1.82) is 0 Å². The monoisotopic (exact) mass is 356 g/mol. The van der Waals surface area contributed by atoms with E-state index < -0.39 is 5.97 Å². The van der Waals surface area contributed by atoms with Crippen molar-refractivity contribution in [3.8, 4) is 11.3 Å². The van der Waals surface area contributed by atoms with Gasteiger partial charge < -0.3 is 9.63 Å². The highest BCUT2D eigenvalue weighted by atomic mass is 16.5. The molecule has 9 nitrogen and oxygen atoms in total. The van der Waals surface area contributed by atoms with Crippen molar-refractivity contribution in [1.82, 2.24) is 29.9 Å². The quantitative estimate of drug-likeness (QED) is 0.741. The Morgan fingerprint density at radius 1 is 1.35 bits per heavy atom. The number of nitrogens with zero attached hydrogens (tertiary/aromatic N) is 6. The van der Waals surface area contributed by atoms with E-state index in [1.54, 1.807) is 23.3 Å². The SMILES string of the molecule is CC1(C)CCc2onc(Cn3cc(-c4cnn(CC(=O)O)c4)nn3)c2C1. The summed E-state index contributed by atoms with van der Waals surface area (Å²) in [7, 11) is 0. The van der Waals surface area contributed by atoms with Crippen molar-refractivity contribution in [3.05, 3.63) is 35.6 Å². The van der Waals surface area contributed by atoms with Gasteiger partial charge in [0.25, 0.3) is 0 Å². The van der Waals surface area contributed by atoms with Crippen LogP contribution in [0.1, 0.15) is 37.3 Å². The first kappa shape index (κ1) is 16.5. The van der Waals surface area contributed by atoms with Gasteiger partial charge in [0.15, 0.2) is 0 Å². The molecule has 0 unspecified atom stereocenters. The van der Waals surface area contributed by atoms with Gasteiger partial charge in [-0.15, -0.1) is 5.10 Å². The molecule has 1 aliphatic carbocycles. The molecule has 0 aliphatic heterocycles. The zero-order valence-electron chi connectivity index (χ0n) is 14.7. The van der Waals surface area contributed by atoms with Crippen LogP contribution in [0.2, 0.25) is 0 Å². The predicted molar refractivity (Wildman–Crippen MR) is 90.3 cm³/mol. The third-order valence-electron chi connectivity index (χ3n) is 4.71. The van der Waals surface area contributed by atoms with E-state index in [4.69, 9.17) is 9.63 Å². The summed E-state index contributed by atoms with van der Waals surface area (Å²) in [5.74, 6) is 0.0386. The molecular weight excluding hydrogens is 336 g/mol. The fourth-order valence-corrected chi connectivity index (χ4v) is 3.30. The standard InChI is InChI=1S/C17H20N6O3/c1-17(2)4-3-15-12(5-17)14(20-26-15)9-23-8-13(19-21-23)11-6-18-22(7-11)10-16(24)25/h6-8H,3-5,9-10H2,1-2H3,(H,24,25). The number of carboxylic acids is 1. The molecule has 3 heterocycles. The second-order valence-electron chi connectivity index (χ2n) is 7.49. The first-order valence-electron chi connectivity index (χ1n) is 8.51. The van der Waals surface area contributed by atoms with Gasteiger partial charge in [-0.05, 0) is 18.3 Å². The Morgan fingerprint density at radius 3 is 3.00 bits per heavy atom. The zero-order valence-corrected chi connectivity index (χ0v) is 14.7. The van der Waals surface area contributed by atoms with Crippen LogP contribution in [0, 0.1) is 5.41 Å². The van der Waals surface area contributed by atoms with E-state index in [1.165, 1.54) is 10.2 Å². The summed E-state index contributed by atoms with van der Waals surface area (Å²) in [6.07, 6.45) is 7.99. The minimum absolute atomic E-state index is 0.186. The van der Waals surface area contributed by atoms with Crippen molar-refractivity contribution < 1.29 is 14.4 Å². The topological polar surface area (TPSA) is 112 Å². The lowest BCUT2D eigenvalue weighted by molar-refractivity contribution is -0.137. The minimum atomic E-state index is -0.943. The van der Waals surface area contributed by atoms with Gasteiger partial charge in [0.05, 0.1) is 18.9 Å². The maximum Gasteiger partial charge on any atom is 0.325 e. The van der Waals surface area contributed by atoms with Gasteiger partial charge in [-0.1, -0.05) is 24.2 Å². The van der Waals surface area contributed by atoms with E-state index in [-0.39, 0.29) is 12.0 Å².